The number of halogens is 1. The molecule has 2 nitrogen and oxygen atoms in total. The minimum absolute atomic E-state index is 0.125. The number of carbonyl (C=O) groups is 1. The normalized spacial score (nSPS) is 13.3. The first-order chi connectivity index (χ1) is 9.65. The maximum absolute atomic E-state index is 12.5. The van der Waals surface area contributed by atoms with Crippen LogP contribution in [0.2, 0.25) is 0 Å². The molecular formula is C16H16BrNOS. The lowest BCUT2D eigenvalue weighted by atomic mass is 10.2. The van der Waals surface area contributed by atoms with Crippen molar-refractivity contribution in [1.29, 1.82) is 0 Å². The van der Waals surface area contributed by atoms with Crippen LogP contribution in [-0.4, -0.2) is 17.9 Å². The number of benzene rings is 1. The Hall–Kier alpha value is -1.13. The number of carbonyl (C=O) groups excluding carboxylic acids is 1. The smallest absolute Gasteiger partial charge is 0.263 e. The van der Waals surface area contributed by atoms with Crippen molar-refractivity contribution in [2.75, 3.05) is 7.05 Å². The van der Waals surface area contributed by atoms with Crippen LogP contribution in [-0.2, 0) is 19.4 Å². The highest BCUT2D eigenvalue weighted by molar-refractivity contribution is 9.10. The standard InChI is InChI=1S/C16H16BrNOS/c1-18(10-12-5-2-3-7-13(12)17)16(19)15-9-11-6-4-8-14(11)20-15/h2-3,5,7,9H,4,6,8,10H2,1H3. The van der Waals surface area contributed by atoms with Crippen LogP contribution in [0.3, 0.4) is 0 Å². The highest BCUT2D eigenvalue weighted by Crippen LogP contribution is 2.31. The molecule has 1 aliphatic rings. The Kier molecular flexibility index (Phi) is 3.94. The Morgan fingerprint density at radius 2 is 2.15 bits per heavy atom. The zero-order valence-corrected chi connectivity index (χ0v) is 13.8. The van der Waals surface area contributed by atoms with E-state index in [1.807, 2.05) is 31.3 Å². The van der Waals surface area contributed by atoms with Gasteiger partial charge in [0.2, 0.25) is 0 Å². The monoisotopic (exact) mass is 349 g/mol. The summed E-state index contributed by atoms with van der Waals surface area (Å²) in [5.74, 6) is 0.125. The van der Waals surface area contributed by atoms with E-state index in [4.69, 9.17) is 0 Å². The van der Waals surface area contributed by atoms with Gasteiger partial charge in [-0.05, 0) is 42.5 Å². The van der Waals surface area contributed by atoms with Crippen molar-refractivity contribution in [3.05, 3.63) is 55.7 Å². The van der Waals surface area contributed by atoms with Crippen molar-refractivity contribution in [3.8, 4) is 0 Å². The Morgan fingerprint density at radius 1 is 1.35 bits per heavy atom. The fourth-order valence-electron chi connectivity index (χ4n) is 2.58. The molecule has 0 saturated heterocycles. The van der Waals surface area contributed by atoms with Crippen LogP contribution < -0.4 is 0 Å². The van der Waals surface area contributed by atoms with Crippen LogP contribution in [0.5, 0.6) is 0 Å². The minimum atomic E-state index is 0.125. The van der Waals surface area contributed by atoms with Gasteiger partial charge in [0, 0.05) is 22.9 Å². The Balaban J connectivity index is 1.75. The summed E-state index contributed by atoms with van der Waals surface area (Å²) in [7, 11) is 1.87. The summed E-state index contributed by atoms with van der Waals surface area (Å²) in [4.78, 5) is 16.6. The SMILES string of the molecule is CN(Cc1ccccc1Br)C(=O)c1cc2c(s1)CCC2. The predicted octanol–water partition coefficient (Wildman–Crippen LogP) is 4.27. The number of aryl methyl sites for hydroxylation is 2. The van der Waals surface area contributed by atoms with Crippen molar-refractivity contribution in [1.82, 2.24) is 4.90 Å². The molecule has 104 valence electrons. The van der Waals surface area contributed by atoms with E-state index in [9.17, 15) is 4.79 Å². The van der Waals surface area contributed by atoms with Crippen molar-refractivity contribution >= 4 is 33.2 Å². The maximum atomic E-state index is 12.5. The maximum Gasteiger partial charge on any atom is 0.263 e. The van der Waals surface area contributed by atoms with Crippen LogP contribution in [0, 0.1) is 0 Å². The van der Waals surface area contributed by atoms with Gasteiger partial charge in [-0.2, -0.15) is 0 Å². The van der Waals surface area contributed by atoms with Crippen LogP contribution in [0.1, 0.15) is 32.1 Å². The summed E-state index contributed by atoms with van der Waals surface area (Å²) in [6, 6.07) is 10.1. The van der Waals surface area contributed by atoms with Gasteiger partial charge in [-0.3, -0.25) is 4.79 Å². The van der Waals surface area contributed by atoms with E-state index in [1.165, 1.54) is 16.9 Å². The molecule has 0 N–H and O–H groups in total. The first-order valence-electron chi connectivity index (χ1n) is 6.75. The van der Waals surface area contributed by atoms with Gasteiger partial charge in [-0.15, -0.1) is 11.3 Å². The first-order valence-corrected chi connectivity index (χ1v) is 8.36. The van der Waals surface area contributed by atoms with E-state index in [-0.39, 0.29) is 5.91 Å². The molecule has 0 spiro atoms. The lowest BCUT2D eigenvalue weighted by molar-refractivity contribution is 0.0789. The van der Waals surface area contributed by atoms with E-state index >= 15 is 0 Å². The number of thiophene rings is 1. The average molecular weight is 350 g/mol. The second-order valence-corrected chi connectivity index (χ2v) is 7.16. The van der Waals surface area contributed by atoms with Gasteiger partial charge in [0.25, 0.3) is 5.91 Å². The number of fused-ring (bicyclic) bond motifs is 1. The molecular weight excluding hydrogens is 334 g/mol. The molecule has 0 unspecified atom stereocenters. The largest absolute Gasteiger partial charge is 0.337 e. The van der Waals surface area contributed by atoms with Gasteiger partial charge in [0.15, 0.2) is 0 Å². The summed E-state index contributed by atoms with van der Waals surface area (Å²) in [6.07, 6.45) is 3.51. The Bertz CT molecular complexity index is 628. The van der Waals surface area contributed by atoms with E-state index in [0.717, 1.165) is 27.8 Å². The van der Waals surface area contributed by atoms with E-state index in [2.05, 4.69) is 22.0 Å². The molecule has 0 bridgehead atoms. The molecule has 4 heteroatoms. The molecule has 0 aliphatic heterocycles. The fourth-order valence-corrected chi connectivity index (χ4v) is 4.23. The van der Waals surface area contributed by atoms with E-state index < -0.39 is 0 Å². The van der Waals surface area contributed by atoms with Gasteiger partial charge in [0.05, 0.1) is 4.88 Å². The lowest BCUT2D eigenvalue weighted by Gasteiger charge is -2.17. The van der Waals surface area contributed by atoms with Crippen LogP contribution in [0.15, 0.2) is 34.8 Å². The number of hydrogen-bond donors (Lipinski definition) is 0. The van der Waals surface area contributed by atoms with Crippen molar-refractivity contribution in [2.45, 2.75) is 25.8 Å². The Morgan fingerprint density at radius 3 is 2.90 bits per heavy atom. The zero-order chi connectivity index (χ0) is 14.1. The third-order valence-corrected chi connectivity index (χ3v) is 5.67. The van der Waals surface area contributed by atoms with Gasteiger partial charge in [-0.1, -0.05) is 34.1 Å². The average Bonchev–Trinajstić information content (AvgIpc) is 3.01. The van der Waals surface area contributed by atoms with Crippen molar-refractivity contribution in [2.24, 2.45) is 0 Å². The highest BCUT2D eigenvalue weighted by Gasteiger charge is 2.20. The third kappa shape index (κ3) is 2.67. The quantitative estimate of drug-likeness (QED) is 0.810. The van der Waals surface area contributed by atoms with E-state index in [0.29, 0.717) is 6.54 Å². The zero-order valence-electron chi connectivity index (χ0n) is 11.4. The number of amides is 1. The van der Waals surface area contributed by atoms with Crippen LogP contribution >= 0.6 is 27.3 Å². The summed E-state index contributed by atoms with van der Waals surface area (Å²) in [5, 5.41) is 0. The van der Waals surface area contributed by atoms with Crippen molar-refractivity contribution < 1.29 is 4.79 Å². The molecule has 2 aromatic rings. The summed E-state index contributed by atoms with van der Waals surface area (Å²) >= 11 is 5.20. The summed E-state index contributed by atoms with van der Waals surface area (Å²) in [6.45, 7) is 0.628. The Labute approximate surface area is 131 Å². The second kappa shape index (κ2) is 5.70. The van der Waals surface area contributed by atoms with Gasteiger partial charge >= 0.3 is 0 Å². The van der Waals surface area contributed by atoms with Crippen LogP contribution in [0.4, 0.5) is 0 Å². The van der Waals surface area contributed by atoms with E-state index in [1.54, 1.807) is 16.2 Å². The third-order valence-electron chi connectivity index (χ3n) is 3.67. The minimum Gasteiger partial charge on any atom is -0.337 e. The topological polar surface area (TPSA) is 20.3 Å². The number of nitrogens with zero attached hydrogens (tertiary/aromatic N) is 1. The van der Waals surface area contributed by atoms with Crippen molar-refractivity contribution in [3.63, 3.8) is 0 Å². The van der Waals surface area contributed by atoms with Gasteiger partial charge < -0.3 is 4.90 Å². The fraction of sp³-hybridized carbons (Fsp3) is 0.312. The molecule has 0 fully saturated rings. The van der Waals surface area contributed by atoms with Crippen LogP contribution in [0.25, 0.3) is 0 Å². The number of hydrogen-bond acceptors (Lipinski definition) is 2. The van der Waals surface area contributed by atoms with Gasteiger partial charge in [-0.25, -0.2) is 0 Å². The molecule has 20 heavy (non-hydrogen) atoms. The highest BCUT2D eigenvalue weighted by atomic mass is 79.9. The molecule has 1 amide bonds. The molecule has 0 saturated carbocycles. The second-order valence-electron chi connectivity index (χ2n) is 5.17. The molecule has 0 radical (unpaired) electrons. The molecule has 1 aromatic carbocycles. The first kappa shape index (κ1) is 13.8. The number of rotatable bonds is 3. The molecule has 0 atom stereocenters. The summed E-state index contributed by atoms with van der Waals surface area (Å²) < 4.78 is 1.05. The molecule has 3 rings (SSSR count). The molecule has 1 aliphatic carbocycles. The predicted molar refractivity (Wildman–Crippen MR) is 86.3 cm³/mol. The van der Waals surface area contributed by atoms with Gasteiger partial charge in [0.1, 0.15) is 0 Å². The lowest BCUT2D eigenvalue weighted by Crippen LogP contribution is -2.25. The molecule has 1 heterocycles. The summed E-state index contributed by atoms with van der Waals surface area (Å²) in [5.41, 5.74) is 2.51. The molecule has 1 aromatic heterocycles.